The number of halogens is 3. The smallest absolute Gasteiger partial charge is 0.339 e. The average molecular weight is 521 g/mol. The van der Waals surface area contributed by atoms with E-state index >= 15 is 0 Å². The first-order valence-electron chi connectivity index (χ1n) is 12.1. The lowest BCUT2D eigenvalue weighted by atomic mass is 9.81. The molecule has 1 aliphatic heterocycles. The lowest BCUT2D eigenvalue weighted by molar-refractivity contribution is -0.137. The maximum absolute atomic E-state index is 13.9. The Kier molecular flexibility index (Phi) is 7.66. The number of hydrogen-bond donors (Lipinski definition) is 1. The first-order valence-corrected chi connectivity index (χ1v) is 12.1. The standard InChI is InChI=1S/C29H27F3N4O2/c1-4-11-19(12-5-2)24-23-18-33-36(22-15-8-7-9-16-22)27(23)35(6-3)28(38)25(24)34-26(37)20-13-10-14-21(17-20)29(30,31)32/h4-5,7-18,24-25H,1,6H2,2-3H3,(H,34,37)/b12-5-,19-11+. The molecule has 9 heteroatoms. The van der Waals surface area contributed by atoms with Gasteiger partial charge in [0.15, 0.2) is 0 Å². The van der Waals surface area contributed by atoms with Crippen LogP contribution in [0.25, 0.3) is 5.69 Å². The van der Waals surface area contributed by atoms with Crippen molar-refractivity contribution in [1.29, 1.82) is 0 Å². The molecule has 196 valence electrons. The van der Waals surface area contributed by atoms with Crippen LogP contribution < -0.4 is 10.2 Å². The number of hydrogen-bond acceptors (Lipinski definition) is 3. The first-order chi connectivity index (χ1) is 18.2. The summed E-state index contributed by atoms with van der Waals surface area (Å²) in [6, 6.07) is 12.4. The number of fused-ring (bicyclic) bond motifs is 1. The van der Waals surface area contributed by atoms with Crippen LogP contribution in [0.3, 0.4) is 0 Å². The van der Waals surface area contributed by atoms with E-state index in [-0.39, 0.29) is 12.1 Å². The molecule has 0 fully saturated rings. The summed E-state index contributed by atoms with van der Waals surface area (Å²) in [7, 11) is 0. The number of nitrogens with one attached hydrogen (secondary N) is 1. The third-order valence-electron chi connectivity index (χ3n) is 6.31. The van der Waals surface area contributed by atoms with Gasteiger partial charge >= 0.3 is 6.18 Å². The molecule has 0 radical (unpaired) electrons. The highest BCUT2D eigenvalue weighted by Gasteiger charge is 2.44. The fraction of sp³-hybridized carbons (Fsp3) is 0.207. The zero-order valence-electron chi connectivity index (χ0n) is 20.9. The van der Waals surface area contributed by atoms with E-state index in [0.29, 0.717) is 17.0 Å². The molecule has 2 atom stereocenters. The van der Waals surface area contributed by atoms with Crippen LogP contribution in [0.2, 0.25) is 0 Å². The molecule has 38 heavy (non-hydrogen) atoms. The highest BCUT2D eigenvalue weighted by atomic mass is 19.4. The second-order valence-corrected chi connectivity index (χ2v) is 8.66. The van der Waals surface area contributed by atoms with Gasteiger partial charge in [-0.25, -0.2) is 4.68 Å². The molecule has 0 saturated heterocycles. The molecular formula is C29H27F3N4O2. The fourth-order valence-electron chi connectivity index (χ4n) is 4.67. The molecule has 2 amide bonds. The largest absolute Gasteiger partial charge is 0.416 e. The van der Waals surface area contributed by atoms with Crippen LogP contribution in [-0.2, 0) is 11.0 Å². The van der Waals surface area contributed by atoms with E-state index < -0.39 is 35.5 Å². The lowest BCUT2D eigenvalue weighted by Crippen LogP contribution is -2.55. The van der Waals surface area contributed by atoms with Crippen LogP contribution in [0.15, 0.2) is 97.3 Å². The number of nitrogens with zero attached hydrogens (tertiary/aromatic N) is 3. The van der Waals surface area contributed by atoms with E-state index in [1.807, 2.05) is 50.3 Å². The van der Waals surface area contributed by atoms with Crippen molar-refractivity contribution in [2.24, 2.45) is 0 Å². The van der Waals surface area contributed by atoms with Crippen molar-refractivity contribution in [3.63, 3.8) is 0 Å². The highest BCUT2D eigenvalue weighted by Crippen LogP contribution is 2.42. The van der Waals surface area contributed by atoms with Gasteiger partial charge in [0.2, 0.25) is 0 Å². The second kappa shape index (κ2) is 10.9. The van der Waals surface area contributed by atoms with E-state index in [1.54, 1.807) is 29.1 Å². The molecule has 1 aromatic heterocycles. The van der Waals surface area contributed by atoms with Gasteiger partial charge in [0, 0.05) is 23.6 Å². The van der Waals surface area contributed by atoms with Gasteiger partial charge in [-0.15, -0.1) is 0 Å². The number of benzene rings is 2. The van der Waals surface area contributed by atoms with Crippen LogP contribution >= 0.6 is 0 Å². The van der Waals surface area contributed by atoms with Gasteiger partial charge in [0.25, 0.3) is 11.8 Å². The van der Waals surface area contributed by atoms with Crippen LogP contribution in [0, 0.1) is 0 Å². The van der Waals surface area contributed by atoms with Gasteiger partial charge < -0.3 is 5.32 Å². The summed E-state index contributed by atoms with van der Waals surface area (Å²) in [5.41, 5.74) is 0.996. The monoisotopic (exact) mass is 520 g/mol. The van der Waals surface area contributed by atoms with Crippen molar-refractivity contribution < 1.29 is 22.8 Å². The molecule has 0 spiro atoms. The number of likely N-dealkylation sites (N-methyl/N-ethyl adjacent to an activating group) is 1. The maximum Gasteiger partial charge on any atom is 0.416 e. The third kappa shape index (κ3) is 5.04. The molecule has 4 rings (SSSR count). The van der Waals surface area contributed by atoms with Crippen molar-refractivity contribution in [3.8, 4) is 5.69 Å². The fourth-order valence-corrected chi connectivity index (χ4v) is 4.67. The van der Waals surface area contributed by atoms with Crippen molar-refractivity contribution in [2.75, 3.05) is 11.4 Å². The zero-order valence-corrected chi connectivity index (χ0v) is 20.9. The Labute approximate surface area is 218 Å². The molecule has 0 saturated carbocycles. The molecule has 0 bridgehead atoms. The minimum Gasteiger partial charge on any atom is -0.339 e. The van der Waals surface area contributed by atoms with Crippen LogP contribution in [-0.4, -0.2) is 34.2 Å². The van der Waals surface area contributed by atoms with Gasteiger partial charge in [-0.1, -0.05) is 55.1 Å². The predicted octanol–water partition coefficient (Wildman–Crippen LogP) is 5.83. The van der Waals surface area contributed by atoms with Crippen molar-refractivity contribution >= 4 is 17.6 Å². The molecule has 2 aromatic carbocycles. The van der Waals surface area contributed by atoms with Crippen molar-refractivity contribution in [2.45, 2.75) is 32.0 Å². The average Bonchev–Trinajstić information content (AvgIpc) is 3.33. The Balaban J connectivity index is 1.84. The van der Waals surface area contributed by atoms with Gasteiger partial charge in [0.1, 0.15) is 11.9 Å². The lowest BCUT2D eigenvalue weighted by Gasteiger charge is -2.38. The zero-order chi connectivity index (χ0) is 27.4. The van der Waals surface area contributed by atoms with Gasteiger partial charge in [0.05, 0.1) is 17.4 Å². The van der Waals surface area contributed by atoms with Crippen molar-refractivity contribution in [1.82, 2.24) is 15.1 Å². The van der Waals surface area contributed by atoms with E-state index in [0.717, 1.165) is 17.8 Å². The molecule has 2 heterocycles. The number of para-hydroxylation sites is 1. The summed E-state index contributed by atoms with van der Waals surface area (Å²) in [4.78, 5) is 28.7. The van der Waals surface area contributed by atoms with Crippen LogP contribution in [0.5, 0.6) is 0 Å². The number of aromatic nitrogens is 2. The maximum atomic E-state index is 13.9. The number of allylic oxidation sites excluding steroid dienone is 4. The van der Waals surface area contributed by atoms with Gasteiger partial charge in [-0.3, -0.25) is 14.5 Å². The molecule has 3 aromatic rings. The number of rotatable bonds is 7. The minimum atomic E-state index is -4.61. The van der Waals surface area contributed by atoms with Gasteiger partial charge in [-0.2, -0.15) is 18.3 Å². The third-order valence-corrected chi connectivity index (χ3v) is 6.31. The Hall–Kier alpha value is -4.40. The summed E-state index contributed by atoms with van der Waals surface area (Å²) in [6.07, 6.45) is 4.00. The number of carbonyl (C=O) groups is 2. The van der Waals surface area contributed by atoms with Crippen LogP contribution in [0.4, 0.5) is 19.0 Å². The quantitative estimate of drug-likeness (QED) is 0.399. The number of anilines is 1. The summed E-state index contributed by atoms with van der Waals surface area (Å²) in [5, 5.41) is 7.29. The summed E-state index contributed by atoms with van der Waals surface area (Å²) in [6.45, 7) is 7.70. The molecule has 1 N–H and O–H groups in total. The van der Waals surface area contributed by atoms with E-state index in [1.165, 1.54) is 17.0 Å². The second-order valence-electron chi connectivity index (χ2n) is 8.66. The highest BCUT2D eigenvalue weighted by molar-refractivity contribution is 6.05. The predicted molar refractivity (Wildman–Crippen MR) is 140 cm³/mol. The molecule has 6 nitrogen and oxygen atoms in total. The van der Waals surface area contributed by atoms with E-state index in [4.69, 9.17) is 0 Å². The Morgan fingerprint density at radius 1 is 1.16 bits per heavy atom. The molecule has 1 aliphatic rings. The normalized spacial score (nSPS) is 18.0. The van der Waals surface area contributed by atoms with Gasteiger partial charge in [-0.05, 0) is 49.8 Å². The van der Waals surface area contributed by atoms with E-state index in [9.17, 15) is 22.8 Å². The minimum absolute atomic E-state index is 0.194. The Morgan fingerprint density at radius 3 is 2.53 bits per heavy atom. The first kappa shape index (κ1) is 26.7. The summed E-state index contributed by atoms with van der Waals surface area (Å²) in [5.74, 6) is -1.28. The SMILES string of the molecule is C=C/C=C(\C=C/C)C1c2cnn(-c3ccccc3)c2N(CC)C(=O)C1NC(=O)c1cccc(C(F)(F)F)c1. The Bertz CT molecular complexity index is 1410. The molecular weight excluding hydrogens is 493 g/mol. The summed E-state index contributed by atoms with van der Waals surface area (Å²) < 4.78 is 41.5. The van der Waals surface area contributed by atoms with Crippen molar-refractivity contribution in [3.05, 3.63) is 114 Å². The number of amides is 2. The Morgan fingerprint density at radius 2 is 1.89 bits per heavy atom. The number of alkyl halides is 3. The van der Waals surface area contributed by atoms with Crippen LogP contribution in [0.1, 0.15) is 41.3 Å². The molecule has 0 aliphatic carbocycles. The number of carbonyl (C=O) groups excluding carboxylic acids is 2. The summed E-state index contributed by atoms with van der Waals surface area (Å²) >= 11 is 0. The van der Waals surface area contributed by atoms with E-state index in [2.05, 4.69) is 17.0 Å². The molecule has 2 unspecified atom stereocenters. The topological polar surface area (TPSA) is 67.2 Å².